The predicted octanol–water partition coefficient (Wildman–Crippen LogP) is 3.29. The number of amides is 1. The number of nitrogens with one attached hydrogen (secondary N) is 2. The molecule has 0 aromatic carbocycles. The van der Waals surface area contributed by atoms with Crippen molar-refractivity contribution >= 4 is 28.2 Å². The van der Waals surface area contributed by atoms with Crippen LogP contribution in [0.5, 0.6) is 0 Å². The van der Waals surface area contributed by atoms with Gasteiger partial charge < -0.3 is 15.5 Å². The van der Waals surface area contributed by atoms with E-state index >= 15 is 0 Å². The Hall–Kier alpha value is -2.61. The molecule has 2 aliphatic rings. The molecule has 34 heavy (non-hydrogen) atoms. The highest BCUT2D eigenvalue weighted by atomic mass is 32.1. The second kappa shape index (κ2) is 11.7. The minimum Gasteiger partial charge on any atom is -0.349 e. The molecule has 1 unspecified atom stereocenters. The van der Waals surface area contributed by atoms with Crippen molar-refractivity contribution in [3.05, 3.63) is 28.7 Å². The Labute approximate surface area is 205 Å². The standard InChI is InChI=1S/C24H34N8OS/c1-17-27-20(18-6-5-11-32(15-18)12-9-25)14-22(28-17)30-24-29-21(16-34-24)23(33)26-10-13-31(2)19-7-3-4-8-19/h14,16,18-19H,3-8,10-13,15H2,1-2H3,(H,26,33)(H,27,28,29,30). The molecule has 0 radical (unpaired) electrons. The van der Waals surface area contributed by atoms with Crippen LogP contribution in [-0.4, -0.2) is 76.5 Å². The summed E-state index contributed by atoms with van der Waals surface area (Å²) in [6, 6.07) is 4.86. The van der Waals surface area contributed by atoms with Crippen molar-refractivity contribution in [1.29, 1.82) is 5.26 Å². The van der Waals surface area contributed by atoms with Gasteiger partial charge >= 0.3 is 0 Å². The molecule has 1 saturated heterocycles. The molecule has 1 amide bonds. The summed E-state index contributed by atoms with van der Waals surface area (Å²) >= 11 is 1.39. The maximum Gasteiger partial charge on any atom is 0.270 e. The molecule has 1 aliphatic heterocycles. The van der Waals surface area contributed by atoms with Gasteiger partial charge in [-0.05, 0) is 46.2 Å². The lowest BCUT2D eigenvalue weighted by atomic mass is 9.94. The quantitative estimate of drug-likeness (QED) is 0.524. The van der Waals surface area contributed by atoms with Crippen LogP contribution in [0.4, 0.5) is 10.9 Å². The molecule has 1 aliphatic carbocycles. The van der Waals surface area contributed by atoms with Crippen molar-refractivity contribution in [1.82, 2.24) is 30.1 Å². The van der Waals surface area contributed by atoms with Gasteiger partial charge in [-0.2, -0.15) is 5.26 Å². The molecule has 0 bridgehead atoms. The van der Waals surface area contributed by atoms with Gasteiger partial charge in [-0.15, -0.1) is 11.3 Å². The number of likely N-dealkylation sites (tertiary alicyclic amines) is 1. The Morgan fingerprint density at radius 2 is 2.09 bits per heavy atom. The zero-order valence-corrected chi connectivity index (χ0v) is 20.9. The van der Waals surface area contributed by atoms with Crippen LogP contribution >= 0.6 is 11.3 Å². The maximum atomic E-state index is 12.5. The molecule has 1 saturated carbocycles. The van der Waals surface area contributed by atoms with E-state index in [1.807, 2.05) is 13.0 Å². The van der Waals surface area contributed by atoms with Gasteiger partial charge in [0, 0.05) is 43.0 Å². The van der Waals surface area contributed by atoms with Crippen LogP contribution in [0.2, 0.25) is 0 Å². The summed E-state index contributed by atoms with van der Waals surface area (Å²) < 4.78 is 0. The van der Waals surface area contributed by atoms with Crippen LogP contribution < -0.4 is 10.6 Å². The molecule has 1 atom stereocenters. The van der Waals surface area contributed by atoms with Crippen LogP contribution in [0.25, 0.3) is 0 Å². The third-order valence-electron chi connectivity index (χ3n) is 6.75. The highest BCUT2D eigenvalue weighted by Gasteiger charge is 2.23. The fourth-order valence-corrected chi connectivity index (χ4v) is 5.61. The fourth-order valence-electron chi connectivity index (χ4n) is 4.91. The van der Waals surface area contributed by atoms with Crippen molar-refractivity contribution in [3.63, 3.8) is 0 Å². The van der Waals surface area contributed by atoms with Crippen LogP contribution in [0.15, 0.2) is 11.4 Å². The van der Waals surface area contributed by atoms with E-state index < -0.39 is 0 Å². The third kappa shape index (κ3) is 6.50. The van der Waals surface area contributed by atoms with E-state index in [1.165, 1.54) is 37.0 Å². The summed E-state index contributed by atoms with van der Waals surface area (Å²) in [6.07, 6.45) is 7.24. The molecule has 10 heteroatoms. The number of rotatable bonds is 9. The molecule has 2 N–H and O–H groups in total. The first-order valence-electron chi connectivity index (χ1n) is 12.2. The lowest BCUT2D eigenvalue weighted by Gasteiger charge is -2.30. The molecule has 2 fully saturated rings. The predicted molar refractivity (Wildman–Crippen MR) is 133 cm³/mol. The molecular formula is C24H34N8OS. The van der Waals surface area contributed by atoms with Gasteiger partial charge in [-0.25, -0.2) is 15.0 Å². The van der Waals surface area contributed by atoms with E-state index in [9.17, 15) is 4.79 Å². The van der Waals surface area contributed by atoms with Crippen molar-refractivity contribution < 1.29 is 4.79 Å². The van der Waals surface area contributed by atoms with Gasteiger partial charge in [0.25, 0.3) is 5.91 Å². The van der Waals surface area contributed by atoms with E-state index in [1.54, 1.807) is 5.38 Å². The summed E-state index contributed by atoms with van der Waals surface area (Å²) in [7, 11) is 2.14. The Morgan fingerprint density at radius 1 is 1.26 bits per heavy atom. The molecule has 2 aromatic rings. The summed E-state index contributed by atoms with van der Waals surface area (Å²) in [5, 5.41) is 17.7. The lowest BCUT2D eigenvalue weighted by Crippen LogP contribution is -2.37. The molecule has 4 rings (SSSR count). The van der Waals surface area contributed by atoms with E-state index in [-0.39, 0.29) is 11.8 Å². The number of carbonyl (C=O) groups is 1. The van der Waals surface area contributed by atoms with Crippen LogP contribution in [-0.2, 0) is 0 Å². The molecule has 2 aromatic heterocycles. The minimum absolute atomic E-state index is 0.150. The average molecular weight is 483 g/mol. The first kappa shape index (κ1) is 24.5. The van der Waals surface area contributed by atoms with E-state index in [2.05, 4.69) is 48.5 Å². The third-order valence-corrected chi connectivity index (χ3v) is 7.50. The van der Waals surface area contributed by atoms with Gasteiger partial charge in [-0.3, -0.25) is 9.69 Å². The molecule has 0 spiro atoms. The van der Waals surface area contributed by atoms with Crippen molar-refractivity contribution in [2.45, 2.75) is 57.4 Å². The lowest BCUT2D eigenvalue weighted by molar-refractivity contribution is 0.0943. The van der Waals surface area contributed by atoms with Gasteiger partial charge in [-0.1, -0.05) is 12.8 Å². The smallest absolute Gasteiger partial charge is 0.270 e. The normalized spacial score (nSPS) is 19.3. The number of nitrogens with zero attached hydrogens (tertiary/aromatic N) is 6. The number of carbonyl (C=O) groups excluding carboxylic acids is 1. The molecule has 182 valence electrons. The largest absolute Gasteiger partial charge is 0.349 e. The number of likely N-dealkylation sites (N-methyl/N-ethyl adjacent to an activating group) is 1. The molecule has 9 nitrogen and oxygen atoms in total. The van der Waals surface area contributed by atoms with E-state index in [4.69, 9.17) is 5.26 Å². The molecular weight excluding hydrogens is 448 g/mol. The van der Waals surface area contributed by atoms with Gasteiger partial charge in [0.1, 0.15) is 17.3 Å². The highest BCUT2D eigenvalue weighted by Crippen LogP contribution is 2.28. The zero-order chi connectivity index (χ0) is 23.9. The monoisotopic (exact) mass is 482 g/mol. The van der Waals surface area contributed by atoms with Crippen LogP contribution in [0.1, 0.15) is 66.4 Å². The van der Waals surface area contributed by atoms with Gasteiger partial charge in [0.2, 0.25) is 0 Å². The SMILES string of the molecule is Cc1nc(Nc2nc(C(=O)NCCN(C)C3CCCC3)cs2)cc(C2CCCN(CC#N)C2)n1. The number of hydrogen-bond acceptors (Lipinski definition) is 9. The van der Waals surface area contributed by atoms with Gasteiger partial charge in [0.05, 0.1) is 18.3 Å². The maximum absolute atomic E-state index is 12.5. The minimum atomic E-state index is -0.150. The molecule has 3 heterocycles. The fraction of sp³-hybridized carbons (Fsp3) is 0.625. The van der Waals surface area contributed by atoms with Crippen molar-refractivity contribution in [3.8, 4) is 6.07 Å². The Bertz CT molecular complexity index is 1010. The Balaban J connectivity index is 1.32. The summed E-state index contributed by atoms with van der Waals surface area (Å²) in [6.45, 7) is 5.59. The van der Waals surface area contributed by atoms with E-state index in [0.29, 0.717) is 41.6 Å². The average Bonchev–Trinajstić information content (AvgIpc) is 3.52. The number of hydrogen-bond donors (Lipinski definition) is 2. The van der Waals surface area contributed by atoms with Crippen LogP contribution in [0, 0.1) is 18.3 Å². The Kier molecular flexibility index (Phi) is 8.43. The summed E-state index contributed by atoms with van der Waals surface area (Å²) in [5.74, 6) is 1.51. The van der Waals surface area contributed by atoms with E-state index in [0.717, 1.165) is 38.2 Å². The summed E-state index contributed by atoms with van der Waals surface area (Å²) in [4.78, 5) is 30.7. The van der Waals surface area contributed by atoms with Crippen molar-refractivity contribution in [2.24, 2.45) is 0 Å². The Morgan fingerprint density at radius 3 is 2.88 bits per heavy atom. The highest BCUT2D eigenvalue weighted by molar-refractivity contribution is 7.14. The van der Waals surface area contributed by atoms with Crippen LogP contribution in [0.3, 0.4) is 0 Å². The van der Waals surface area contributed by atoms with Gasteiger partial charge in [0.15, 0.2) is 5.13 Å². The number of thiazole rings is 1. The number of piperidine rings is 1. The zero-order valence-electron chi connectivity index (χ0n) is 20.1. The number of aromatic nitrogens is 3. The number of aryl methyl sites for hydroxylation is 1. The second-order valence-corrected chi connectivity index (χ2v) is 10.2. The topological polar surface area (TPSA) is 110 Å². The number of anilines is 2. The first-order valence-corrected chi connectivity index (χ1v) is 13.1. The number of nitriles is 1. The second-order valence-electron chi connectivity index (χ2n) is 9.30. The first-order chi connectivity index (χ1) is 16.5. The van der Waals surface area contributed by atoms with Crippen molar-refractivity contribution in [2.75, 3.05) is 45.1 Å². The summed E-state index contributed by atoms with van der Waals surface area (Å²) in [5.41, 5.74) is 1.40.